The molecule has 1 aromatic rings. The van der Waals surface area contributed by atoms with E-state index in [9.17, 15) is 0 Å². The van der Waals surface area contributed by atoms with E-state index in [0.717, 1.165) is 21.6 Å². The van der Waals surface area contributed by atoms with E-state index in [-0.39, 0.29) is 0 Å². The van der Waals surface area contributed by atoms with Gasteiger partial charge in [-0.2, -0.15) is 0 Å². The van der Waals surface area contributed by atoms with E-state index in [1.807, 2.05) is 12.1 Å². The molecule has 104 valence electrons. The van der Waals surface area contributed by atoms with Gasteiger partial charge in [0.15, 0.2) is 0 Å². The molecule has 1 aliphatic rings. The van der Waals surface area contributed by atoms with Crippen LogP contribution in [0.1, 0.15) is 38.7 Å². The van der Waals surface area contributed by atoms with Crippen LogP contribution in [0.3, 0.4) is 0 Å². The van der Waals surface area contributed by atoms with E-state index in [2.05, 4.69) is 41.2 Å². The molecule has 19 heavy (non-hydrogen) atoms. The quantitative estimate of drug-likeness (QED) is 0.804. The van der Waals surface area contributed by atoms with Gasteiger partial charge in [0.2, 0.25) is 0 Å². The minimum atomic E-state index is 0.445. The fraction of sp³-hybridized carbons (Fsp3) is 0.533. The predicted octanol–water partition coefficient (Wildman–Crippen LogP) is 4.32. The Kier molecular flexibility index (Phi) is 4.85. The van der Waals surface area contributed by atoms with Gasteiger partial charge in [0.1, 0.15) is 4.99 Å². The Bertz CT molecular complexity index is 475. The summed E-state index contributed by atoms with van der Waals surface area (Å²) in [4.78, 5) is 0.445. The van der Waals surface area contributed by atoms with E-state index < -0.39 is 0 Å². The van der Waals surface area contributed by atoms with Gasteiger partial charge in [0.05, 0.1) is 0 Å². The molecular weight excluding hydrogens is 320 g/mol. The fourth-order valence-corrected chi connectivity index (χ4v) is 3.46. The summed E-state index contributed by atoms with van der Waals surface area (Å²) in [5.41, 5.74) is 7.80. The molecule has 0 heterocycles. The number of benzene rings is 1. The molecule has 1 aromatic carbocycles. The second kappa shape index (κ2) is 6.23. The van der Waals surface area contributed by atoms with Crippen LogP contribution in [-0.2, 0) is 0 Å². The zero-order chi connectivity index (χ0) is 14.0. The maximum atomic E-state index is 5.82. The second-order valence-corrected chi connectivity index (χ2v) is 7.06. The number of nitrogens with two attached hydrogens (primary N) is 1. The minimum absolute atomic E-state index is 0.445. The van der Waals surface area contributed by atoms with Crippen molar-refractivity contribution in [3.05, 3.63) is 28.2 Å². The maximum Gasteiger partial charge on any atom is 0.106 e. The number of nitrogens with one attached hydrogen (secondary N) is 1. The zero-order valence-electron chi connectivity index (χ0n) is 11.4. The van der Waals surface area contributed by atoms with Crippen molar-refractivity contribution in [1.82, 2.24) is 0 Å². The summed E-state index contributed by atoms with van der Waals surface area (Å²) in [6.07, 6.45) is 3.80. The molecular formula is C15H21BrN2S. The Morgan fingerprint density at radius 3 is 2.74 bits per heavy atom. The predicted molar refractivity (Wildman–Crippen MR) is 89.6 cm³/mol. The summed E-state index contributed by atoms with van der Waals surface area (Å²) in [6, 6.07) is 6.59. The molecule has 3 atom stereocenters. The number of anilines is 1. The Balaban J connectivity index is 2.17. The van der Waals surface area contributed by atoms with Gasteiger partial charge < -0.3 is 11.1 Å². The van der Waals surface area contributed by atoms with Crippen LogP contribution < -0.4 is 11.1 Å². The molecule has 4 heteroatoms. The van der Waals surface area contributed by atoms with Gasteiger partial charge in [-0.1, -0.05) is 42.0 Å². The van der Waals surface area contributed by atoms with Gasteiger partial charge in [0, 0.05) is 21.8 Å². The molecule has 1 saturated carbocycles. The van der Waals surface area contributed by atoms with Crippen molar-refractivity contribution in [3.8, 4) is 0 Å². The molecule has 0 radical (unpaired) electrons. The van der Waals surface area contributed by atoms with Crippen LogP contribution in [0.4, 0.5) is 5.69 Å². The first-order valence-corrected chi connectivity index (χ1v) is 8.03. The molecule has 0 aromatic heterocycles. The van der Waals surface area contributed by atoms with Crippen LogP contribution in [0.2, 0.25) is 0 Å². The Labute approximate surface area is 129 Å². The first kappa shape index (κ1) is 14.8. The summed E-state index contributed by atoms with van der Waals surface area (Å²) < 4.78 is 1.01. The number of thiocarbonyl (C=S) groups is 1. The van der Waals surface area contributed by atoms with E-state index >= 15 is 0 Å². The van der Waals surface area contributed by atoms with Crippen molar-refractivity contribution in [2.24, 2.45) is 17.6 Å². The van der Waals surface area contributed by atoms with Crippen molar-refractivity contribution in [3.63, 3.8) is 0 Å². The number of hydrogen-bond donors (Lipinski definition) is 2. The molecule has 0 bridgehead atoms. The number of hydrogen-bond acceptors (Lipinski definition) is 2. The highest BCUT2D eigenvalue weighted by Gasteiger charge is 2.25. The van der Waals surface area contributed by atoms with Gasteiger partial charge in [0.25, 0.3) is 0 Å². The van der Waals surface area contributed by atoms with Crippen LogP contribution in [0.5, 0.6) is 0 Å². The fourth-order valence-electron chi connectivity index (χ4n) is 2.93. The van der Waals surface area contributed by atoms with Crippen LogP contribution >= 0.6 is 28.1 Å². The van der Waals surface area contributed by atoms with Crippen molar-refractivity contribution in [2.75, 3.05) is 5.32 Å². The number of halogens is 1. The Hall–Kier alpha value is -0.610. The van der Waals surface area contributed by atoms with Crippen molar-refractivity contribution < 1.29 is 0 Å². The molecule has 1 aliphatic carbocycles. The lowest BCUT2D eigenvalue weighted by molar-refractivity contribution is 0.276. The van der Waals surface area contributed by atoms with Crippen molar-refractivity contribution in [1.29, 1.82) is 0 Å². The third-order valence-corrected chi connectivity index (χ3v) is 4.73. The van der Waals surface area contributed by atoms with Gasteiger partial charge in [-0.05, 0) is 49.3 Å². The van der Waals surface area contributed by atoms with Gasteiger partial charge in [-0.15, -0.1) is 0 Å². The minimum Gasteiger partial charge on any atom is -0.389 e. The Morgan fingerprint density at radius 1 is 1.37 bits per heavy atom. The normalized spacial score (nSPS) is 27.0. The lowest BCUT2D eigenvalue weighted by atomic mass is 9.80. The molecule has 3 unspecified atom stereocenters. The van der Waals surface area contributed by atoms with Crippen molar-refractivity contribution in [2.45, 2.75) is 39.2 Å². The van der Waals surface area contributed by atoms with Crippen LogP contribution in [0, 0.1) is 11.8 Å². The molecule has 0 aliphatic heterocycles. The summed E-state index contributed by atoms with van der Waals surface area (Å²) >= 11 is 8.61. The smallest absolute Gasteiger partial charge is 0.106 e. The van der Waals surface area contributed by atoms with Crippen LogP contribution in [0.25, 0.3) is 0 Å². The summed E-state index contributed by atoms with van der Waals surface area (Å²) in [5, 5.41) is 3.64. The average molecular weight is 341 g/mol. The zero-order valence-corrected chi connectivity index (χ0v) is 13.9. The molecule has 0 amide bonds. The summed E-state index contributed by atoms with van der Waals surface area (Å²) in [5.74, 6) is 1.53. The standard InChI is InChI=1S/C15H21BrN2S/c1-9-3-5-13(10(2)7-9)18-14-6-4-11(16)8-12(14)15(17)19/h4,6,8-10,13,18H,3,5,7H2,1-2H3,(H2,17,19). The summed E-state index contributed by atoms with van der Waals surface area (Å²) in [7, 11) is 0. The Morgan fingerprint density at radius 2 is 2.11 bits per heavy atom. The van der Waals surface area contributed by atoms with Gasteiger partial charge in [-0.3, -0.25) is 0 Å². The lowest BCUT2D eigenvalue weighted by Crippen LogP contribution is -2.33. The highest BCUT2D eigenvalue weighted by Crippen LogP contribution is 2.32. The van der Waals surface area contributed by atoms with Gasteiger partial charge in [-0.25, -0.2) is 0 Å². The highest BCUT2D eigenvalue weighted by atomic mass is 79.9. The van der Waals surface area contributed by atoms with E-state index in [4.69, 9.17) is 18.0 Å². The largest absolute Gasteiger partial charge is 0.389 e. The third-order valence-electron chi connectivity index (χ3n) is 4.02. The third kappa shape index (κ3) is 3.69. The van der Waals surface area contributed by atoms with Gasteiger partial charge >= 0.3 is 0 Å². The van der Waals surface area contributed by atoms with Crippen LogP contribution in [0.15, 0.2) is 22.7 Å². The monoisotopic (exact) mass is 340 g/mol. The van der Waals surface area contributed by atoms with E-state index in [0.29, 0.717) is 16.9 Å². The molecule has 0 saturated heterocycles. The molecule has 3 N–H and O–H groups in total. The molecule has 2 rings (SSSR count). The average Bonchev–Trinajstić information content (AvgIpc) is 2.34. The van der Waals surface area contributed by atoms with Crippen LogP contribution in [-0.4, -0.2) is 11.0 Å². The topological polar surface area (TPSA) is 38.0 Å². The summed E-state index contributed by atoms with van der Waals surface area (Å²) in [6.45, 7) is 4.67. The molecule has 0 spiro atoms. The molecule has 2 nitrogen and oxygen atoms in total. The second-order valence-electron chi connectivity index (χ2n) is 5.70. The van der Waals surface area contributed by atoms with Crippen molar-refractivity contribution >= 4 is 38.8 Å². The first-order valence-electron chi connectivity index (χ1n) is 6.83. The van der Waals surface area contributed by atoms with E-state index in [1.165, 1.54) is 19.3 Å². The first-order chi connectivity index (χ1) is 8.97. The SMILES string of the molecule is CC1CCC(Nc2ccc(Br)cc2C(N)=S)C(C)C1. The lowest BCUT2D eigenvalue weighted by Gasteiger charge is -2.34. The number of rotatable bonds is 3. The maximum absolute atomic E-state index is 5.82. The molecule has 1 fully saturated rings. The highest BCUT2D eigenvalue weighted by molar-refractivity contribution is 9.10. The van der Waals surface area contributed by atoms with E-state index in [1.54, 1.807) is 0 Å².